The molecule has 0 aliphatic carbocycles. The van der Waals surface area contributed by atoms with Crippen molar-refractivity contribution in [3.05, 3.63) is 52.9 Å². The summed E-state index contributed by atoms with van der Waals surface area (Å²) in [5.74, 6) is 0.100. The SMILES string of the molecule is COC(=O)c1ccc(-c2ccc(/C=C3/NC(=O)NC3=O)o2)c(C)c1. The second-order valence-corrected chi connectivity index (χ2v) is 5.19. The molecular formula is C17H14N2O5. The van der Waals surface area contributed by atoms with E-state index in [-0.39, 0.29) is 5.70 Å². The predicted octanol–water partition coefficient (Wildman–Crippen LogP) is 2.22. The number of amides is 3. The van der Waals surface area contributed by atoms with Crippen LogP contribution in [0.3, 0.4) is 0 Å². The van der Waals surface area contributed by atoms with Crippen LogP contribution in [0.25, 0.3) is 17.4 Å². The van der Waals surface area contributed by atoms with Gasteiger partial charge in [0.1, 0.15) is 17.2 Å². The van der Waals surface area contributed by atoms with E-state index in [1.165, 1.54) is 13.2 Å². The van der Waals surface area contributed by atoms with E-state index >= 15 is 0 Å². The zero-order chi connectivity index (χ0) is 17.3. The van der Waals surface area contributed by atoms with Gasteiger partial charge in [-0.05, 0) is 36.8 Å². The minimum absolute atomic E-state index is 0.124. The highest BCUT2D eigenvalue weighted by Crippen LogP contribution is 2.27. The zero-order valence-corrected chi connectivity index (χ0v) is 13.0. The highest BCUT2D eigenvalue weighted by Gasteiger charge is 2.23. The first-order valence-electron chi connectivity index (χ1n) is 7.11. The van der Waals surface area contributed by atoms with Crippen molar-refractivity contribution < 1.29 is 23.5 Å². The van der Waals surface area contributed by atoms with Crippen LogP contribution in [0.15, 0.2) is 40.4 Å². The molecule has 7 nitrogen and oxygen atoms in total. The van der Waals surface area contributed by atoms with Crippen LogP contribution in [-0.4, -0.2) is 25.0 Å². The first-order valence-corrected chi connectivity index (χ1v) is 7.11. The van der Waals surface area contributed by atoms with Gasteiger partial charge in [0.2, 0.25) is 0 Å². The number of hydrogen-bond donors (Lipinski definition) is 2. The molecule has 2 aromatic rings. The van der Waals surface area contributed by atoms with Crippen LogP contribution in [-0.2, 0) is 9.53 Å². The molecule has 0 unspecified atom stereocenters. The lowest BCUT2D eigenvalue weighted by atomic mass is 10.0. The van der Waals surface area contributed by atoms with Crippen molar-refractivity contribution in [3.63, 3.8) is 0 Å². The Hall–Kier alpha value is -3.35. The van der Waals surface area contributed by atoms with Crippen molar-refractivity contribution in [1.29, 1.82) is 0 Å². The molecule has 0 saturated carbocycles. The Morgan fingerprint density at radius 1 is 1.17 bits per heavy atom. The summed E-state index contributed by atoms with van der Waals surface area (Å²) in [6, 6.07) is 8.01. The molecule has 1 aromatic carbocycles. The lowest BCUT2D eigenvalue weighted by Crippen LogP contribution is -2.22. The number of nitrogens with one attached hydrogen (secondary N) is 2. The second kappa shape index (κ2) is 6.04. The maximum absolute atomic E-state index is 11.5. The Kier molecular flexibility index (Phi) is 3.91. The predicted molar refractivity (Wildman–Crippen MR) is 84.9 cm³/mol. The number of esters is 1. The summed E-state index contributed by atoms with van der Waals surface area (Å²) in [7, 11) is 1.33. The molecule has 0 radical (unpaired) electrons. The molecular weight excluding hydrogens is 312 g/mol. The average Bonchev–Trinajstić information content (AvgIpc) is 3.13. The summed E-state index contributed by atoms with van der Waals surface area (Å²) in [6.45, 7) is 1.85. The Balaban J connectivity index is 1.88. The Labute approximate surface area is 137 Å². The number of benzene rings is 1. The summed E-state index contributed by atoms with van der Waals surface area (Å²) >= 11 is 0. The minimum atomic E-state index is -0.563. The number of furan rings is 1. The molecule has 24 heavy (non-hydrogen) atoms. The third-order valence-corrected chi connectivity index (χ3v) is 3.55. The average molecular weight is 326 g/mol. The number of rotatable bonds is 3. The number of urea groups is 1. The van der Waals surface area contributed by atoms with Crippen LogP contribution >= 0.6 is 0 Å². The van der Waals surface area contributed by atoms with E-state index in [0.29, 0.717) is 17.1 Å². The lowest BCUT2D eigenvalue weighted by Gasteiger charge is -2.05. The largest absolute Gasteiger partial charge is 0.465 e. The normalized spacial score (nSPS) is 15.3. The maximum atomic E-state index is 11.5. The number of carbonyl (C=O) groups is 3. The minimum Gasteiger partial charge on any atom is -0.465 e. The van der Waals surface area contributed by atoms with Gasteiger partial charge in [-0.3, -0.25) is 10.1 Å². The van der Waals surface area contributed by atoms with Crippen molar-refractivity contribution in [1.82, 2.24) is 10.6 Å². The Bertz CT molecular complexity index is 879. The highest BCUT2D eigenvalue weighted by atomic mass is 16.5. The molecule has 0 atom stereocenters. The van der Waals surface area contributed by atoms with Gasteiger partial charge in [0.05, 0.1) is 12.7 Å². The van der Waals surface area contributed by atoms with Crippen LogP contribution in [0.1, 0.15) is 21.7 Å². The molecule has 122 valence electrons. The van der Waals surface area contributed by atoms with Crippen LogP contribution in [0.4, 0.5) is 4.79 Å². The molecule has 1 saturated heterocycles. The van der Waals surface area contributed by atoms with Gasteiger partial charge in [0.15, 0.2) is 0 Å². The standard InChI is InChI=1S/C17H14N2O5/c1-9-7-10(16(21)23-2)3-5-12(9)14-6-4-11(24-14)8-13-15(20)19-17(22)18-13/h3-8H,1-2H3,(H2,18,19,20,22)/b13-8+. The van der Waals surface area contributed by atoms with Gasteiger partial charge in [-0.1, -0.05) is 6.07 Å². The third-order valence-electron chi connectivity index (χ3n) is 3.55. The number of ether oxygens (including phenoxy) is 1. The van der Waals surface area contributed by atoms with E-state index in [9.17, 15) is 14.4 Å². The highest BCUT2D eigenvalue weighted by molar-refractivity contribution is 6.13. The van der Waals surface area contributed by atoms with Gasteiger partial charge in [0.25, 0.3) is 5.91 Å². The number of imide groups is 1. The van der Waals surface area contributed by atoms with E-state index in [1.54, 1.807) is 30.3 Å². The summed E-state index contributed by atoms with van der Waals surface area (Å²) in [4.78, 5) is 34.1. The third kappa shape index (κ3) is 2.91. The number of hydrogen-bond acceptors (Lipinski definition) is 5. The van der Waals surface area contributed by atoms with E-state index in [1.807, 2.05) is 6.92 Å². The van der Waals surface area contributed by atoms with Crippen molar-refractivity contribution in [2.24, 2.45) is 0 Å². The molecule has 1 aromatic heterocycles. The first kappa shape index (κ1) is 15.5. The number of aryl methyl sites for hydroxylation is 1. The quantitative estimate of drug-likeness (QED) is 0.512. The van der Waals surface area contributed by atoms with Crippen molar-refractivity contribution in [2.75, 3.05) is 7.11 Å². The molecule has 2 heterocycles. The molecule has 3 rings (SSSR count). The van der Waals surface area contributed by atoms with Gasteiger partial charge in [-0.2, -0.15) is 0 Å². The van der Waals surface area contributed by atoms with Crippen molar-refractivity contribution in [3.8, 4) is 11.3 Å². The lowest BCUT2D eigenvalue weighted by molar-refractivity contribution is -0.115. The van der Waals surface area contributed by atoms with Gasteiger partial charge < -0.3 is 14.5 Å². The van der Waals surface area contributed by atoms with Crippen molar-refractivity contribution in [2.45, 2.75) is 6.92 Å². The maximum Gasteiger partial charge on any atom is 0.337 e. The summed E-state index contributed by atoms with van der Waals surface area (Å²) in [5, 5.41) is 4.50. The van der Waals surface area contributed by atoms with E-state index in [0.717, 1.165) is 11.1 Å². The van der Waals surface area contributed by atoms with Gasteiger partial charge in [0, 0.05) is 11.6 Å². The molecule has 1 aliphatic heterocycles. The molecule has 1 fully saturated rings. The zero-order valence-electron chi connectivity index (χ0n) is 13.0. The monoisotopic (exact) mass is 326 g/mol. The van der Waals surface area contributed by atoms with Gasteiger partial charge in [-0.15, -0.1) is 0 Å². The van der Waals surface area contributed by atoms with E-state index in [4.69, 9.17) is 9.15 Å². The fraction of sp³-hybridized carbons (Fsp3) is 0.118. The number of methoxy groups -OCH3 is 1. The first-order chi connectivity index (χ1) is 11.5. The second-order valence-electron chi connectivity index (χ2n) is 5.19. The number of carbonyl (C=O) groups excluding carboxylic acids is 3. The fourth-order valence-electron chi connectivity index (χ4n) is 2.38. The molecule has 1 aliphatic rings. The van der Waals surface area contributed by atoms with Gasteiger partial charge >= 0.3 is 12.0 Å². The van der Waals surface area contributed by atoms with Crippen LogP contribution < -0.4 is 10.6 Å². The van der Waals surface area contributed by atoms with Gasteiger partial charge in [-0.25, -0.2) is 9.59 Å². The summed E-state index contributed by atoms with van der Waals surface area (Å²) in [6.07, 6.45) is 1.45. The molecule has 7 heteroatoms. The van der Waals surface area contributed by atoms with Crippen LogP contribution in [0.2, 0.25) is 0 Å². The molecule has 3 amide bonds. The molecule has 2 N–H and O–H groups in total. The van der Waals surface area contributed by atoms with Crippen LogP contribution in [0, 0.1) is 6.92 Å². The smallest absolute Gasteiger partial charge is 0.337 e. The Morgan fingerprint density at radius 2 is 1.96 bits per heavy atom. The van der Waals surface area contributed by atoms with Crippen molar-refractivity contribution >= 4 is 24.0 Å². The fourth-order valence-corrected chi connectivity index (χ4v) is 2.38. The van der Waals surface area contributed by atoms with E-state index in [2.05, 4.69) is 10.6 Å². The summed E-state index contributed by atoms with van der Waals surface area (Å²) in [5.41, 5.74) is 2.24. The topological polar surface area (TPSA) is 97.6 Å². The van der Waals surface area contributed by atoms with E-state index < -0.39 is 17.9 Å². The Morgan fingerprint density at radius 3 is 2.58 bits per heavy atom. The summed E-state index contributed by atoms with van der Waals surface area (Å²) < 4.78 is 10.4. The van der Waals surface area contributed by atoms with Crippen LogP contribution in [0.5, 0.6) is 0 Å². The molecule has 0 spiro atoms. The molecule has 0 bridgehead atoms.